The van der Waals surface area contributed by atoms with Gasteiger partial charge < -0.3 is 15.8 Å². The molecule has 0 atom stereocenters. The Morgan fingerprint density at radius 1 is 1.37 bits per heavy atom. The third-order valence-electron chi connectivity index (χ3n) is 3.18. The minimum Gasteiger partial charge on any atom is -0.488 e. The molecule has 0 aliphatic heterocycles. The maximum Gasteiger partial charge on any atom is 0.167 e. The van der Waals surface area contributed by atoms with Crippen LogP contribution in [0.1, 0.15) is 41.0 Å². The second kappa shape index (κ2) is 6.13. The molecule has 1 aromatic rings. The van der Waals surface area contributed by atoms with Gasteiger partial charge in [0.15, 0.2) is 11.6 Å². The summed E-state index contributed by atoms with van der Waals surface area (Å²) < 4.78 is 19.1. The third kappa shape index (κ3) is 4.62. The van der Waals surface area contributed by atoms with Gasteiger partial charge in [-0.05, 0) is 25.7 Å². The van der Waals surface area contributed by atoms with Crippen molar-refractivity contribution < 1.29 is 9.13 Å². The minimum absolute atomic E-state index is 0.0712. The Balaban J connectivity index is 2.89. The maximum atomic E-state index is 13.7. The van der Waals surface area contributed by atoms with E-state index in [1.165, 1.54) is 6.07 Å². The fraction of sp³-hybridized carbons (Fsp3) is 0.600. The maximum absolute atomic E-state index is 13.7. The highest BCUT2D eigenvalue weighted by Gasteiger charge is 2.16. The Morgan fingerprint density at radius 2 is 2.00 bits per heavy atom. The topological polar surface area (TPSA) is 47.3 Å². The molecule has 108 valence electrons. The Morgan fingerprint density at radius 3 is 2.53 bits per heavy atom. The molecule has 0 radical (unpaired) electrons. The summed E-state index contributed by atoms with van der Waals surface area (Å²) in [5.74, 6) is -0.187. The highest BCUT2D eigenvalue weighted by atomic mass is 19.1. The molecule has 0 heterocycles. The Bertz CT molecular complexity index is 430. The molecule has 0 fully saturated rings. The molecule has 0 bridgehead atoms. The summed E-state index contributed by atoms with van der Waals surface area (Å²) in [5, 5.41) is 3.27. The predicted octanol–water partition coefficient (Wildman–Crippen LogP) is 4.04. The van der Waals surface area contributed by atoms with Crippen LogP contribution in [0.3, 0.4) is 0 Å². The van der Waals surface area contributed by atoms with Crippen molar-refractivity contribution in [2.45, 2.75) is 47.1 Å². The lowest BCUT2D eigenvalue weighted by Gasteiger charge is -2.24. The van der Waals surface area contributed by atoms with Crippen LogP contribution in [0.15, 0.2) is 12.1 Å². The lowest BCUT2D eigenvalue weighted by atomic mass is 9.90. The summed E-state index contributed by atoms with van der Waals surface area (Å²) in [7, 11) is 0. The molecule has 0 aliphatic carbocycles. The number of rotatable bonds is 6. The van der Waals surface area contributed by atoms with E-state index in [0.29, 0.717) is 5.69 Å². The second-order valence-corrected chi connectivity index (χ2v) is 5.91. The van der Waals surface area contributed by atoms with Gasteiger partial charge in [-0.15, -0.1) is 0 Å². The molecule has 4 heteroatoms. The Labute approximate surface area is 115 Å². The van der Waals surface area contributed by atoms with Crippen LogP contribution in [0, 0.1) is 11.2 Å². The SMILES string of the molecule is CCC(C)(C)CNc1cc(OC(C)C)c(F)cc1N. The van der Waals surface area contributed by atoms with Gasteiger partial charge in [-0.25, -0.2) is 4.39 Å². The first kappa shape index (κ1) is 15.6. The molecule has 0 spiro atoms. The summed E-state index contributed by atoms with van der Waals surface area (Å²) in [6, 6.07) is 2.94. The van der Waals surface area contributed by atoms with Crippen LogP contribution in [0.2, 0.25) is 0 Å². The van der Waals surface area contributed by atoms with Gasteiger partial charge in [0.05, 0.1) is 17.5 Å². The number of nitrogens with one attached hydrogen (secondary N) is 1. The van der Waals surface area contributed by atoms with Crippen molar-refractivity contribution >= 4 is 11.4 Å². The molecule has 1 aromatic carbocycles. The van der Waals surface area contributed by atoms with Crippen molar-refractivity contribution in [3.63, 3.8) is 0 Å². The van der Waals surface area contributed by atoms with Crippen LogP contribution in [-0.2, 0) is 0 Å². The predicted molar refractivity (Wildman–Crippen MR) is 79.1 cm³/mol. The molecule has 19 heavy (non-hydrogen) atoms. The van der Waals surface area contributed by atoms with Crippen LogP contribution in [-0.4, -0.2) is 12.6 Å². The van der Waals surface area contributed by atoms with E-state index < -0.39 is 5.82 Å². The molecule has 0 saturated heterocycles. The van der Waals surface area contributed by atoms with Crippen LogP contribution in [0.4, 0.5) is 15.8 Å². The van der Waals surface area contributed by atoms with E-state index in [4.69, 9.17) is 10.5 Å². The van der Waals surface area contributed by atoms with Crippen molar-refractivity contribution in [3.05, 3.63) is 17.9 Å². The third-order valence-corrected chi connectivity index (χ3v) is 3.18. The van der Waals surface area contributed by atoms with Gasteiger partial charge in [-0.2, -0.15) is 0 Å². The Hall–Kier alpha value is -1.45. The zero-order valence-corrected chi connectivity index (χ0v) is 12.5. The van der Waals surface area contributed by atoms with Crippen LogP contribution in [0.25, 0.3) is 0 Å². The molecule has 0 aromatic heterocycles. The smallest absolute Gasteiger partial charge is 0.167 e. The first-order valence-electron chi connectivity index (χ1n) is 6.74. The van der Waals surface area contributed by atoms with Crippen molar-refractivity contribution in [2.24, 2.45) is 5.41 Å². The van der Waals surface area contributed by atoms with Crippen molar-refractivity contribution in [2.75, 3.05) is 17.6 Å². The molecule has 0 amide bonds. The molecule has 3 N–H and O–H groups in total. The zero-order valence-electron chi connectivity index (χ0n) is 12.5. The zero-order chi connectivity index (χ0) is 14.6. The second-order valence-electron chi connectivity index (χ2n) is 5.91. The molecule has 0 aliphatic rings. The van der Waals surface area contributed by atoms with Gasteiger partial charge >= 0.3 is 0 Å². The number of halogens is 1. The van der Waals surface area contributed by atoms with Crippen LogP contribution < -0.4 is 15.8 Å². The molecular formula is C15H25FN2O. The first-order chi connectivity index (χ1) is 8.75. The molecule has 3 nitrogen and oxygen atoms in total. The normalized spacial score (nSPS) is 11.7. The average molecular weight is 268 g/mol. The van der Waals surface area contributed by atoms with Crippen molar-refractivity contribution in [1.82, 2.24) is 0 Å². The van der Waals surface area contributed by atoms with Gasteiger partial charge in [-0.3, -0.25) is 0 Å². The first-order valence-corrected chi connectivity index (χ1v) is 6.74. The van der Waals surface area contributed by atoms with Gasteiger partial charge in [0.25, 0.3) is 0 Å². The number of hydrogen-bond acceptors (Lipinski definition) is 3. The lowest BCUT2D eigenvalue weighted by Crippen LogP contribution is -2.22. The summed E-state index contributed by atoms with van der Waals surface area (Å²) in [5.41, 5.74) is 7.12. The quantitative estimate of drug-likeness (QED) is 0.765. The summed E-state index contributed by atoms with van der Waals surface area (Å²) in [4.78, 5) is 0. The highest BCUT2D eigenvalue weighted by molar-refractivity contribution is 5.68. The largest absolute Gasteiger partial charge is 0.488 e. The average Bonchev–Trinajstić information content (AvgIpc) is 2.30. The van der Waals surface area contributed by atoms with E-state index in [-0.39, 0.29) is 17.3 Å². The van der Waals surface area contributed by atoms with Crippen LogP contribution in [0.5, 0.6) is 5.75 Å². The summed E-state index contributed by atoms with van der Waals surface area (Å²) in [6.07, 6.45) is 0.981. The van der Waals surface area contributed by atoms with E-state index in [9.17, 15) is 4.39 Å². The highest BCUT2D eigenvalue weighted by Crippen LogP contribution is 2.30. The van der Waals surface area contributed by atoms with Gasteiger partial charge in [0, 0.05) is 18.7 Å². The van der Waals surface area contributed by atoms with Gasteiger partial charge in [0.1, 0.15) is 0 Å². The molecule has 0 unspecified atom stereocenters. The summed E-state index contributed by atoms with van der Waals surface area (Å²) in [6.45, 7) is 11.0. The van der Waals surface area contributed by atoms with Crippen molar-refractivity contribution in [3.8, 4) is 5.75 Å². The van der Waals surface area contributed by atoms with E-state index in [2.05, 4.69) is 26.1 Å². The van der Waals surface area contributed by atoms with E-state index >= 15 is 0 Å². The molecular weight excluding hydrogens is 243 g/mol. The number of anilines is 2. The van der Waals surface area contributed by atoms with E-state index in [1.54, 1.807) is 6.07 Å². The van der Waals surface area contributed by atoms with Gasteiger partial charge in [-0.1, -0.05) is 20.8 Å². The van der Waals surface area contributed by atoms with E-state index in [1.807, 2.05) is 13.8 Å². The number of nitrogens with two attached hydrogens (primary N) is 1. The number of hydrogen-bond donors (Lipinski definition) is 2. The monoisotopic (exact) mass is 268 g/mol. The number of nitrogen functional groups attached to an aromatic ring is 1. The number of ether oxygens (including phenoxy) is 1. The van der Waals surface area contributed by atoms with Crippen molar-refractivity contribution in [1.29, 1.82) is 0 Å². The molecule has 1 rings (SSSR count). The minimum atomic E-state index is -0.425. The fourth-order valence-corrected chi connectivity index (χ4v) is 1.53. The lowest BCUT2D eigenvalue weighted by molar-refractivity contribution is 0.231. The van der Waals surface area contributed by atoms with Crippen LogP contribution >= 0.6 is 0 Å². The summed E-state index contributed by atoms with van der Waals surface area (Å²) >= 11 is 0. The number of benzene rings is 1. The van der Waals surface area contributed by atoms with Gasteiger partial charge in [0.2, 0.25) is 0 Å². The van der Waals surface area contributed by atoms with E-state index in [0.717, 1.165) is 18.7 Å². The molecule has 0 saturated carbocycles. The standard InChI is InChI=1S/C15H25FN2O/c1-6-15(4,5)9-18-13-8-14(19-10(2)3)11(16)7-12(13)17/h7-8,10,18H,6,9,17H2,1-5H3. The fourth-order valence-electron chi connectivity index (χ4n) is 1.53. The Kier molecular flexibility index (Phi) is 5.04.